The number of aromatic amines is 1. The number of carboxylic acids is 1. The van der Waals surface area contributed by atoms with Crippen molar-refractivity contribution in [3.05, 3.63) is 105 Å². The molecule has 12 heteroatoms. The van der Waals surface area contributed by atoms with Gasteiger partial charge in [-0.05, 0) is 72.2 Å². The molecule has 1 saturated heterocycles. The Bertz CT molecular complexity index is 1860. The number of rotatable bonds is 10. The summed E-state index contributed by atoms with van der Waals surface area (Å²) in [5.74, 6) is -2.59. The van der Waals surface area contributed by atoms with Gasteiger partial charge in [-0.3, -0.25) is 4.79 Å². The van der Waals surface area contributed by atoms with Crippen LogP contribution in [0.15, 0.2) is 67.1 Å². The van der Waals surface area contributed by atoms with Crippen LogP contribution < -0.4 is 20.3 Å². The van der Waals surface area contributed by atoms with Crippen molar-refractivity contribution in [1.29, 1.82) is 0 Å². The number of ether oxygens (including phenoxy) is 1. The third-order valence-electron chi connectivity index (χ3n) is 9.70. The van der Waals surface area contributed by atoms with Gasteiger partial charge in [-0.25, -0.2) is 14.2 Å². The van der Waals surface area contributed by atoms with Crippen molar-refractivity contribution < 1.29 is 23.8 Å². The number of benzene rings is 3. The predicted octanol–water partition coefficient (Wildman–Crippen LogP) is 7.45. The molecule has 49 heavy (non-hydrogen) atoms. The van der Waals surface area contributed by atoms with E-state index in [1.54, 1.807) is 18.5 Å². The van der Waals surface area contributed by atoms with E-state index in [0.717, 1.165) is 29.8 Å². The summed E-state index contributed by atoms with van der Waals surface area (Å²) in [4.78, 5) is 35.8. The average molecular weight is 709 g/mol. The van der Waals surface area contributed by atoms with Gasteiger partial charge < -0.3 is 30.4 Å². The number of carbonyl (C=O) groups excluding carboxylic acids is 1. The fraction of sp³-hybridized carbons (Fsp3) is 0.378. The normalized spacial score (nSPS) is 21.6. The van der Waals surface area contributed by atoms with E-state index in [1.807, 2.05) is 24.4 Å². The maximum atomic E-state index is 16.3. The molecule has 3 aromatic carbocycles. The van der Waals surface area contributed by atoms with Crippen molar-refractivity contribution in [3.63, 3.8) is 0 Å². The summed E-state index contributed by atoms with van der Waals surface area (Å²) in [6, 6.07) is 13.9. The minimum Gasteiger partial charge on any atom is -0.495 e. The lowest BCUT2D eigenvalue weighted by atomic mass is 9.63. The lowest BCUT2D eigenvalue weighted by Crippen LogP contribution is -2.48. The summed E-state index contributed by atoms with van der Waals surface area (Å²) in [7, 11) is 1.41. The van der Waals surface area contributed by atoms with Gasteiger partial charge in [0.05, 0.1) is 35.8 Å². The first-order chi connectivity index (χ1) is 23.3. The van der Waals surface area contributed by atoms with Gasteiger partial charge >= 0.3 is 5.97 Å². The second kappa shape index (κ2) is 13.7. The largest absolute Gasteiger partial charge is 0.495 e. The van der Waals surface area contributed by atoms with Gasteiger partial charge in [-0.2, -0.15) is 0 Å². The maximum absolute atomic E-state index is 16.3. The van der Waals surface area contributed by atoms with Gasteiger partial charge in [-0.1, -0.05) is 62.2 Å². The molecule has 2 aliphatic rings. The zero-order valence-corrected chi connectivity index (χ0v) is 29.3. The van der Waals surface area contributed by atoms with E-state index in [9.17, 15) is 14.7 Å². The molecular formula is C37H40Cl2FN5O4. The third kappa shape index (κ3) is 6.74. The van der Waals surface area contributed by atoms with Gasteiger partial charge in [0.2, 0.25) is 5.91 Å². The number of hydrogen-bond acceptors (Lipinski definition) is 6. The molecule has 1 aromatic heterocycles. The molecule has 0 bridgehead atoms. The quantitative estimate of drug-likeness (QED) is 0.135. The summed E-state index contributed by atoms with van der Waals surface area (Å²) < 4.78 is 21.8. The molecule has 2 aliphatic heterocycles. The van der Waals surface area contributed by atoms with E-state index in [0.29, 0.717) is 35.8 Å². The van der Waals surface area contributed by atoms with E-state index < -0.39 is 35.1 Å². The summed E-state index contributed by atoms with van der Waals surface area (Å²) in [5, 5.41) is 16.7. The number of halogens is 3. The van der Waals surface area contributed by atoms with Crippen molar-refractivity contribution in [3.8, 4) is 5.75 Å². The number of carbonyl (C=O) groups is 2. The van der Waals surface area contributed by atoms with Crippen molar-refractivity contribution in [2.45, 2.75) is 63.5 Å². The van der Waals surface area contributed by atoms with Crippen LogP contribution in [0.4, 0.5) is 15.8 Å². The number of aromatic carboxylic acids is 1. The Morgan fingerprint density at radius 3 is 2.65 bits per heavy atom. The Hall–Kier alpha value is -4.12. The Balaban J connectivity index is 1.48. The molecule has 4 atom stereocenters. The molecule has 1 spiro atoms. The molecule has 0 unspecified atom stereocenters. The first-order valence-electron chi connectivity index (χ1n) is 16.3. The number of nitrogens with zero attached hydrogens (tertiary/aromatic N) is 2. The van der Waals surface area contributed by atoms with Crippen molar-refractivity contribution >= 4 is 46.5 Å². The number of H-pyrrole nitrogens is 1. The number of methoxy groups -OCH3 is 1. The zero-order valence-electron chi connectivity index (χ0n) is 27.8. The minimum absolute atomic E-state index is 0.0192. The standard InChI is InChI=1S/C37H40Cl2FN5O4/c1-36(2,3)17-30-37(19-45(14-6-7-23-18-41-20-42-23)28-16-22(38)11-12-25(28)37)31(24-8-5-9-26(39)32(24)40)33(44-30)34(46)43-27-13-10-21(35(47)48)15-29(27)49-4/h5,8-13,15-16,18,20,30-31,33,44H,6-7,14,17,19H2,1-4H3,(H,41,42)(H,43,46)(H,47,48)/t30-,31-,33+,37-/m0/s1. The van der Waals surface area contributed by atoms with Crippen LogP contribution in [-0.2, 0) is 16.6 Å². The van der Waals surface area contributed by atoms with Gasteiger partial charge in [0, 0.05) is 53.1 Å². The van der Waals surface area contributed by atoms with Crippen LogP contribution in [0.2, 0.25) is 10.0 Å². The summed E-state index contributed by atoms with van der Waals surface area (Å²) in [5.41, 5.74) is 2.71. The molecular weight excluding hydrogens is 668 g/mol. The van der Waals surface area contributed by atoms with Crippen LogP contribution in [0.5, 0.6) is 5.75 Å². The maximum Gasteiger partial charge on any atom is 0.335 e. The molecule has 3 heterocycles. The lowest BCUT2D eigenvalue weighted by Gasteiger charge is -2.40. The van der Waals surface area contributed by atoms with Gasteiger partial charge in [0.25, 0.3) is 0 Å². The van der Waals surface area contributed by atoms with E-state index >= 15 is 4.39 Å². The van der Waals surface area contributed by atoms with Crippen molar-refractivity contribution in [1.82, 2.24) is 15.3 Å². The minimum atomic E-state index is -1.12. The second-order valence-corrected chi connectivity index (χ2v) is 14.9. The fourth-order valence-electron chi connectivity index (χ4n) is 7.70. The van der Waals surface area contributed by atoms with Gasteiger partial charge in [-0.15, -0.1) is 0 Å². The van der Waals surface area contributed by atoms with Gasteiger partial charge in [0.15, 0.2) is 0 Å². The molecule has 4 N–H and O–H groups in total. The first kappa shape index (κ1) is 34.7. The van der Waals surface area contributed by atoms with E-state index in [4.69, 9.17) is 27.9 Å². The van der Waals surface area contributed by atoms with Crippen LogP contribution in [0.1, 0.15) is 66.7 Å². The number of carboxylic acid groups (broad SMARTS) is 1. The SMILES string of the molecule is COc1cc(C(=O)O)ccc1NC(=O)[C@@H]1N[C@@H](CC(C)(C)C)[C@@]2(CN(CCCc3cnc[nH]3)c3cc(Cl)ccc32)[C@H]1c1cccc(Cl)c1F. The van der Waals surface area contributed by atoms with E-state index in [1.165, 1.54) is 31.4 Å². The van der Waals surface area contributed by atoms with Crippen LogP contribution >= 0.6 is 23.2 Å². The number of fused-ring (bicyclic) bond motifs is 2. The van der Waals surface area contributed by atoms with Crippen molar-refractivity contribution in [2.24, 2.45) is 5.41 Å². The lowest BCUT2D eigenvalue weighted by molar-refractivity contribution is -0.118. The Morgan fingerprint density at radius 1 is 1.16 bits per heavy atom. The number of nitrogens with one attached hydrogen (secondary N) is 3. The highest BCUT2D eigenvalue weighted by molar-refractivity contribution is 6.31. The highest BCUT2D eigenvalue weighted by Gasteiger charge is 2.63. The van der Waals surface area contributed by atoms with Gasteiger partial charge in [0.1, 0.15) is 11.6 Å². The molecule has 4 aromatic rings. The van der Waals surface area contributed by atoms with Crippen molar-refractivity contribution in [2.75, 3.05) is 30.4 Å². The molecule has 1 fully saturated rings. The zero-order chi connectivity index (χ0) is 35.1. The summed E-state index contributed by atoms with van der Waals surface area (Å²) >= 11 is 13.1. The number of hydrogen-bond donors (Lipinski definition) is 4. The highest BCUT2D eigenvalue weighted by atomic mass is 35.5. The number of aromatic nitrogens is 2. The molecule has 0 saturated carbocycles. The fourth-order valence-corrected chi connectivity index (χ4v) is 8.05. The Labute approximate surface area is 295 Å². The molecule has 0 aliphatic carbocycles. The Morgan fingerprint density at radius 2 is 1.96 bits per heavy atom. The molecule has 0 radical (unpaired) electrons. The van der Waals surface area contributed by atoms with Crippen LogP contribution in [0.3, 0.4) is 0 Å². The summed E-state index contributed by atoms with van der Waals surface area (Å²) in [6.45, 7) is 7.67. The Kier molecular flexibility index (Phi) is 9.68. The van der Waals surface area contributed by atoms with Crippen LogP contribution in [0.25, 0.3) is 0 Å². The molecule has 9 nitrogen and oxygen atoms in total. The molecule has 1 amide bonds. The monoisotopic (exact) mass is 707 g/mol. The van der Waals surface area contributed by atoms with E-state index in [-0.39, 0.29) is 27.8 Å². The van der Waals surface area contributed by atoms with Crippen LogP contribution in [0, 0.1) is 11.2 Å². The molecule has 6 rings (SSSR count). The number of amides is 1. The topological polar surface area (TPSA) is 120 Å². The third-order valence-corrected chi connectivity index (χ3v) is 10.2. The average Bonchev–Trinajstić information content (AvgIpc) is 3.76. The van der Waals surface area contributed by atoms with Crippen LogP contribution in [-0.4, -0.2) is 59.2 Å². The highest BCUT2D eigenvalue weighted by Crippen LogP contribution is 2.58. The number of aryl methyl sites for hydroxylation is 1. The first-order valence-corrected chi connectivity index (χ1v) is 17.0. The number of anilines is 2. The number of imidazole rings is 1. The van der Waals surface area contributed by atoms with E-state index in [2.05, 4.69) is 46.3 Å². The molecule has 258 valence electrons. The second-order valence-electron chi connectivity index (χ2n) is 14.1. The smallest absolute Gasteiger partial charge is 0.335 e. The predicted molar refractivity (Wildman–Crippen MR) is 190 cm³/mol. The summed E-state index contributed by atoms with van der Waals surface area (Å²) in [6.07, 6.45) is 5.79.